The molecule has 1 unspecified atom stereocenters. The summed E-state index contributed by atoms with van der Waals surface area (Å²) < 4.78 is 11.4. The molecule has 2 aliphatic rings. The number of oxazole rings is 1. The second kappa shape index (κ2) is 4.42. The van der Waals surface area contributed by atoms with Crippen molar-refractivity contribution in [2.75, 3.05) is 19.8 Å². The topological polar surface area (TPSA) is 47.3 Å². The number of nitrogens with zero attached hydrogens (tertiary/aromatic N) is 1. The molecule has 0 radical (unpaired) electrons. The highest BCUT2D eigenvalue weighted by atomic mass is 16.5. The van der Waals surface area contributed by atoms with E-state index in [-0.39, 0.29) is 5.41 Å². The minimum absolute atomic E-state index is 0.113. The number of ether oxygens (including phenoxy) is 1. The van der Waals surface area contributed by atoms with Crippen LogP contribution in [0.4, 0.5) is 0 Å². The fraction of sp³-hybridized carbons (Fsp3) is 0.769. The maximum absolute atomic E-state index is 5.98. The van der Waals surface area contributed by atoms with E-state index in [0.717, 1.165) is 50.7 Å². The summed E-state index contributed by atoms with van der Waals surface area (Å²) in [4.78, 5) is 4.45. The van der Waals surface area contributed by atoms with Gasteiger partial charge in [0.05, 0.1) is 12.2 Å². The van der Waals surface area contributed by atoms with Crippen LogP contribution in [0, 0.1) is 0 Å². The Balaban J connectivity index is 1.78. The Morgan fingerprint density at radius 2 is 2.24 bits per heavy atom. The molecule has 1 atom stereocenters. The lowest BCUT2D eigenvalue weighted by molar-refractivity contribution is 0.0483. The summed E-state index contributed by atoms with van der Waals surface area (Å²) in [5, 5.41) is 3.42. The van der Waals surface area contributed by atoms with Crippen LogP contribution >= 0.6 is 0 Å². The average Bonchev–Trinajstić information content (AvgIpc) is 3.01. The van der Waals surface area contributed by atoms with Crippen molar-refractivity contribution in [3.05, 3.63) is 17.8 Å². The molecule has 1 aromatic heterocycles. The van der Waals surface area contributed by atoms with E-state index in [0.29, 0.717) is 6.04 Å². The Bertz CT molecular complexity index is 377. The summed E-state index contributed by atoms with van der Waals surface area (Å²) in [6, 6.07) is 0.326. The van der Waals surface area contributed by atoms with Crippen molar-refractivity contribution in [1.29, 1.82) is 0 Å². The van der Waals surface area contributed by atoms with E-state index in [9.17, 15) is 0 Å². The van der Waals surface area contributed by atoms with Crippen LogP contribution in [-0.2, 0) is 10.2 Å². The van der Waals surface area contributed by atoms with Crippen molar-refractivity contribution in [1.82, 2.24) is 10.3 Å². The van der Waals surface area contributed by atoms with E-state index >= 15 is 0 Å². The lowest BCUT2D eigenvalue weighted by atomic mass is 9.80. The van der Waals surface area contributed by atoms with Crippen molar-refractivity contribution < 1.29 is 9.15 Å². The van der Waals surface area contributed by atoms with E-state index in [1.807, 2.05) is 6.20 Å². The van der Waals surface area contributed by atoms with Crippen LogP contribution in [-0.4, -0.2) is 24.7 Å². The van der Waals surface area contributed by atoms with Gasteiger partial charge in [-0.15, -0.1) is 0 Å². The number of aromatic nitrogens is 1. The summed E-state index contributed by atoms with van der Waals surface area (Å²) >= 11 is 0. The molecule has 0 aliphatic carbocycles. The SMILES string of the molecule is CC1(c2cnc(C3CCCN3)o2)CCOCC1. The Morgan fingerprint density at radius 1 is 1.41 bits per heavy atom. The van der Waals surface area contributed by atoms with Gasteiger partial charge in [0.25, 0.3) is 0 Å². The van der Waals surface area contributed by atoms with Crippen LogP contribution in [0.5, 0.6) is 0 Å². The van der Waals surface area contributed by atoms with Crippen molar-refractivity contribution in [3.8, 4) is 0 Å². The third-order valence-electron chi connectivity index (χ3n) is 4.07. The van der Waals surface area contributed by atoms with E-state index < -0.39 is 0 Å². The maximum atomic E-state index is 5.98. The molecule has 2 fully saturated rings. The smallest absolute Gasteiger partial charge is 0.211 e. The fourth-order valence-electron chi connectivity index (χ4n) is 2.69. The highest BCUT2D eigenvalue weighted by molar-refractivity contribution is 5.12. The summed E-state index contributed by atoms with van der Waals surface area (Å²) in [7, 11) is 0. The standard InChI is InChI=1S/C13H20N2O2/c1-13(4-7-16-8-5-13)11-9-15-12(17-11)10-3-2-6-14-10/h9-10,14H,2-8H2,1H3. The maximum Gasteiger partial charge on any atom is 0.211 e. The zero-order valence-corrected chi connectivity index (χ0v) is 10.4. The second-order valence-electron chi connectivity index (χ2n) is 5.38. The predicted molar refractivity (Wildman–Crippen MR) is 63.9 cm³/mol. The molecular formula is C13H20N2O2. The van der Waals surface area contributed by atoms with Crippen LogP contribution < -0.4 is 5.32 Å². The molecule has 17 heavy (non-hydrogen) atoms. The van der Waals surface area contributed by atoms with Crippen LogP contribution in [0.25, 0.3) is 0 Å². The Hall–Kier alpha value is -0.870. The molecule has 0 spiro atoms. The van der Waals surface area contributed by atoms with Crippen molar-refractivity contribution >= 4 is 0 Å². The highest BCUT2D eigenvalue weighted by Crippen LogP contribution is 2.35. The van der Waals surface area contributed by atoms with Gasteiger partial charge >= 0.3 is 0 Å². The third kappa shape index (κ3) is 2.11. The van der Waals surface area contributed by atoms with Gasteiger partial charge in [-0.1, -0.05) is 6.92 Å². The molecule has 0 saturated carbocycles. The Morgan fingerprint density at radius 3 is 2.94 bits per heavy atom. The van der Waals surface area contributed by atoms with Crippen molar-refractivity contribution in [3.63, 3.8) is 0 Å². The summed E-state index contributed by atoms with van der Waals surface area (Å²) in [6.45, 7) is 4.98. The summed E-state index contributed by atoms with van der Waals surface area (Å²) in [5.41, 5.74) is 0.113. The van der Waals surface area contributed by atoms with Gasteiger partial charge in [0.1, 0.15) is 5.76 Å². The molecule has 3 rings (SSSR count). The monoisotopic (exact) mass is 236 g/mol. The number of hydrogen-bond acceptors (Lipinski definition) is 4. The van der Waals surface area contributed by atoms with E-state index in [1.54, 1.807) is 0 Å². The van der Waals surface area contributed by atoms with Gasteiger partial charge in [0.2, 0.25) is 5.89 Å². The molecule has 3 heterocycles. The molecule has 4 heteroatoms. The first-order chi connectivity index (χ1) is 8.28. The normalized spacial score (nSPS) is 28.4. The van der Waals surface area contributed by atoms with Crippen LogP contribution in [0.3, 0.4) is 0 Å². The first-order valence-corrected chi connectivity index (χ1v) is 6.55. The predicted octanol–water partition coefficient (Wildman–Crippen LogP) is 2.17. The molecule has 0 amide bonds. The number of nitrogens with one attached hydrogen (secondary N) is 1. The third-order valence-corrected chi connectivity index (χ3v) is 4.07. The zero-order valence-electron chi connectivity index (χ0n) is 10.4. The van der Waals surface area contributed by atoms with Gasteiger partial charge in [-0.2, -0.15) is 0 Å². The van der Waals surface area contributed by atoms with Gasteiger partial charge in [-0.25, -0.2) is 4.98 Å². The molecule has 0 bridgehead atoms. The molecule has 1 N–H and O–H groups in total. The highest BCUT2D eigenvalue weighted by Gasteiger charge is 2.34. The molecular weight excluding hydrogens is 216 g/mol. The first-order valence-electron chi connectivity index (χ1n) is 6.55. The average molecular weight is 236 g/mol. The van der Waals surface area contributed by atoms with E-state index in [1.165, 1.54) is 6.42 Å². The first kappa shape index (κ1) is 11.2. The summed E-state index contributed by atoms with van der Waals surface area (Å²) in [5.74, 6) is 1.90. The largest absolute Gasteiger partial charge is 0.443 e. The lowest BCUT2D eigenvalue weighted by Gasteiger charge is -2.31. The van der Waals surface area contributed by atoms with E-state index in [4.69, 9.17) is 9.15 Å². The minimum atomic E-state index is 0.113. The Kier molecular flexibility index (Phi) is 2.92. The molecule has 1 aromatic rings. The van der Waals surface area contributed by atoms with Gasteiger partial charge in [-0.3, -0.25) is 0 Å². The number of hydrogen-bond donors (Lipinski definition) is 1. The van der Waals surface area contributed by atoms with Crippen LogP contribution in [0.2, 0.25) is 0 Å². The molecule has 0 aromatic carbocycles. The fourth-order valence-corrected chi connectivity index (χ4v) is 2.69. The van der Waals surface area contributed by atoms with Crippen LogP contribution in [0.1, 0.15) is 50.3 Å². The lowest BCUT2D eigenvalue weighted by Crippen LogP contribution is -2.30. The Labute approximate surface area is 102 Å². The summed E-state index contributed by atoms with van der Waals surface area (Å²) in [6.07, 6.45) is 6.33. The van der Waals surface area contributed by atoms with E-state index in [2.05, 4.69) is 17.2 Å². The molecule has 4 nitrogen and oxygen atoms in total. The minimum Gasteiger partial charge on any atom is -0.443 e. The van der Waals surface area contributed by atoms with Crippen molar-refractivity contribution in [2.45, 2.75) is 44.1 Å². The van der Waals surface area contributed by atoms with Crippen molar-refractivity contribution in [2.24, 2.45) is 0 Å². The van der Waals surface area contributed by atoms with Crippen LogP contribution in [0.15, 0.2) is 10.6 Å². The quantitative estimate of drug-likeness (QED) is 0.855. The van der Waals surface area contributed by atoms with Gasteiger partial charge < -0.3 is 14.5 Å². The van der Waals surface area contributed by atoms with Gasteiger partial charge in [-0.05, 0) is 32.2 Å². The van der Waals surface area contributed by atoms with Gasteiger partial charge in [0.15, 0.2) is 0 Å². The molecule has 2 saturated heterocycles. The zero-order chi connectivity index (χ0) is 11.7. The van der Waals surface area contributed by atoms with Gasteiger partial charge in [0, 0.05) is 18.6 Å². The second-order valence-corrected chi connectivity index (χ2v) is 5.38. The molecule has 94 valence electrons. The number of rotatable bonds is 2. The molecule has 2 aliphatic heterocycles.